The molecule has 13 heavy (non-hydrogen) atoms. The van der Waals surface area contributed by atoms with Gasteiger partial charge in [0, 0.05) is 18.6 Å². The number of fused-ring (bicyclic) bond motifs is 1. The molecule has 1 N–H and O–H groups in total. The highest BCUT2D eigenvalue weighted by molar-refractivity contribution is 5.45. The Bertz CT molecular complexity index is 305. The number of phenolic OH excluding ortho intramolecular Hbond substituents is 1. The molecule has 2 rings (SSSR count). The number of methoxy groups -OCH3 is 1. The first kappa shape index (κ1) is 8.57. The lowest BCUT2D eigenvalue weighted by atomic mass is 10.0. The molecule has 0 radical (unpaired) electrons. The van der Waals surface area contributed by atoms with Gasteiger partial charge in [0.2, 0.25) is 0 Å². The predicted molar refractivity (Wildman–Crippen MR) is 51.0 cm³/mol. The minimum absolute atomic E-state index is 0.390. The molecule has 0 fully saturated rings. The molecular formula is C11H14O2. The number of hydrogen-bond acceptors (Lipinski definition) is 2. The van der Waals surface area contributed by atoms with Crippen LogP contribution in [0.2, 0.25) is 0 Å². The normalized spacial score (nSPS) is 20.2. The van der Waals surface area contributed by atoms with E-state index < -0.39 is 0 Å². The van der Waals surface area contributed by atoms with Crippen molar-refractivity contribution in [2.24, 2.45) is 0 Å². The number of aryl methyl sites for hydroxylation is 1. The fraction of sp³-hybridized carbons (Fsp3) is 0.455. The maximum Gasteiger partial charge on any atom is 0.119 e. The highest BCUT2D eigenvalue weighted by Gasteiger charge is 2.24. The number of hydrogen-bond donors (Lipinski definition) is 1. The molecule has 0 bridgehead atoms. The summed E-state index contributed by atoms with van der Waals surface area (Å²) in [6.45, 7) is 0.713. The first-order valence-corrected chi connectivity index (χ1v) is 4.62. The van der Waals surface area contributed by atoms with E-state index in [-0.39, 0.29) is 0 Å². The van der Waals surface area contributed by atoms with Crippen molar-refractivity contribution in [1.29, 1.82) is 0 Å². The van der Waals surface area contributed by atoms with E-state index in [0.717, 1.165) is 18.4 Å². The van der Waals surface area contributed by atoms with Gasteiger partial charge in [0.1, 0.15) is 5.75 Å². The van der Waals surface area contributed by atoms with Crippen LogP contribution < -0.4 is 0 Å². The zero-order valence-corrected chi connectivity index (χ0v) is 7.79. The molecule has 1 unspecified atom stereocenters. The summed E-state index contributed by atoms with van der Waals surface area (Å²) in [7, 11) is 1.71. The Hall–Kier alpha value is -1.02. The van der Waals surface area contributed by atoms with Crippen LogP contribution in [0.3, 0.4) is 0 Å². The van der Waals surface area contributed by atoms with Gasteiger partial charge in [-0.1, -0.05) is 12.1 Å². The molecule has 70 valence electrons. The summed E-state index contributed by atoms with van der Waals surface area (Å²) in [6.07, 6.45) is 2.17. The Morgan fingerprint density at radius 2 is 2.38 bits per heavy atom. The van der Waals surface area contributed by atoms with Crippen LogP contribution in [0.1, 0.15) is 23.5 Å². The SMILES string of the molecule is COCC1CCc2cccc(O)c21. The quantitative estimate of drug-likeness (QED) is 0.751. The third-order valence-corrected chi connectivity index (χ3v) is 2.71. The lowest BCUT2D eigenvalue weighted by Gasteiger charge is -2.11. The third kappa shape index (κ3) is 1.42. The van der Waals surface area contributed by atoms with Gasteiger partial charge in [-0.3, -0.25) is 0 Å². The lowest BCUT2D eigenvalue weighted by Crippen LogP contribution is -2.02. The largest absolute Gasteiger partial charge is 0.508 e. The van der Waals surface area contributed by atoms with E-state index in [9.17, 15) is 5.11 Å². The van der Waals surface area contributed by atoms with Crippen molar-refractivity contribution in [2.45, 2.75) is 18.8 Å². The van der Waals surface area contributed by atoms with Crippen LogP contribution in [-0.4, -0.2) is 18.8 Å². The molecule has 0 saturated heterocycles. The molecule has 0 aliphatic heterocycles. The summed E-state index contributed by atoms with van der Waals surface area (Å²) in [6, 6.07) is 5.75. The topological polar surface area (TPSA) is 29.5 Å². The monoisotopic (exact) mass is 178 g/mol. The van der Waals surface area contributed by atoms with E-state index in [1.807, 2.05) is 6.07 Å². The second-order valence-electron chi connectivity index (χ2n) is 3.54. The summed E-state index contributed by atoms with van der Waals surface area (Å²) in [5.41, 5.74) is 2.38. The summed E-state index contributed by atoms with van der Waals surface area (Å²) >= 11 is 0. The summed E-state index contributed by atoms with van der Waals surface area (Å²) in [5.74, 6) is 0.818. The average Bonchev–Trinajstić information content (AvgIpc) is 2.51. The van der Waals surface area contributed by atoms with Crippen LogP contribution in [0.25, 0.3) is 0 Å². The Morgan fingerprint density at radius 1 is 1.54 bits per heavy atom. The molecule has 1 aromatic carbocycles. The number of rotatable bonds is 2. The van der Waals surface area contributed by atoms with Crippen LogP contribution in [0.15, 0.2) is 18.2 Å². The second-order valence-corrected chi connectivity index (χ2v) is 3.54. The van der Waals surface area contributed by atoms with E-state index in [2.05, 4.69) is 6.07 Å². The molecule has 1 atom stereocenters. The second kappa shape index (κ2) is 3.38. The van der Waals surface area contributed by atoms with Gasteiger partial charge in [0.25, 0.3) is 0 Å². The van der Waals surface area contributed by atoms with E-state index in [4.69, 9.17) is 4.74 Å². The number of aromatic hydroxyl groups is 1. The fourth-order valence-corrected chi connectivity index (χ4v) is 2.13. The summed E-state index contributed by atoms with van der Waals surface area (Å²) in [4.78, 5) is 0. The first-order chi connectivity index (χ1) is 6.33. The molecule has 1 aromatic rings. The molecule has 2 nitrogen and oxygen atoms in total. The van der Waals surface area contributed by atoms with E-state index in [1.54, 1.807) is 13.2 Å². The van der Waals surface area contributed by atoms with Crippen molar-refractivity contribution in [3.8, 4) is 5.75 Å². The zero-order valence-electron chi connectivity index (χ0n) is 7.79. The van der Waals surface area contributed by atoms with Crippen molar-refractivity contribution >= 4 is 0 Å². The van der Waals surface area contributed by atoms with Gasteiger partial charge < -0.3 is 9.84 Å². The fourth-order valence-electron chi connectivity index (χ4n) is 2.13. The first-order valence-electron chi connectivity index (χ1n) is 4.62. The molecule has 0 amide bonds. The molecular weight excluding hydrogens is 164 g/mol. The maximum atomic E-state index is 9.67. The van der Waals surface area contributed by atoms with Crippen LogP contribution in [0.5, 0.6) is 5.75 Å². The van der Waals surface area contributed by atoms with E-state index >= 15 is 0 Å². The van der Waals surface area contributed by atoms with Gasteiger partial charge in [-0.25, -0.2) is 0 Å². The van der Waals surface area contributed by atoms with Crippen molar-refractivity contribution < 1.29 is 9.84 Å². The van der Waals surface area contributed by atoms with Crippen LogP contribution in [0, 0.1) is 0 Å². The van der Waals surface area contributed by atoms with Gasteiger partial charge in [-0.15, -0.1) is 0 Å². The highest BCUT2D eigenvalue weighted by atomic mass is 16.5. The van der Waals surface area contributed by atoms with Gasteiger partial charge >= 0.3 is 0 Å². The van der Waals surface area contributed by atoms with Crippen LogP contribution in [-0.2, 0) is 11.2 Å². The Balaban J connectivity index is 2.34. The smallest absolute Gasteiger partial charge is 0.119 e. The standard InChI is InChI=1S/C11H14O2/c1-13-7-9-6-5-8-3-2-4-10(12)11(8)9/h2-4,9,12H,5-7H2,1H3. The Morgan fingerprint density at radius 3 is 3.15 bits per heavy atom. The number of ether oxygens (including phenoxy) is 1. The van der Waals surface area contributed by atoms with E-state index in [1.165, 1.54) is 5.56 Å². The third-order valence-electron chi connectivity index (χ3n) is 2.71. The van der Waals surface area contributed by atoms with Gasteiger partial charge in [-0.2, -0.15) is 0 Å². The van der Waals surface area contributed by atoms with Gasteiger partial charge in [0.05, 0.1) is 6.61 Å². The molecule has 0 aromatic heterocycles. The summed E-state index contributed by atoms with van der Waals surface area (Å²) < 4.78 is 5.13. The average molecular weight is 178 g/mol. The molecule has 2 heteroatoms. The Kier molecular flexibility index (Phi) is 2.23. The van der Waals surface area contributed by atoms with Crippen molar-refractivity contribution in [3.05, 3.63) is 29.3 Å². The van der Waals surface area contributed by atoms with Crippen LogP contribution in [0.4, 0.5) is 0 Å². The molecule has 0 saturated carbocycles. The maximum absolute atomic E-state index is 9.67. The minimum atomic E-state index is 0.390. The molecule has 1 aliphatic rings. The van der Waals surface area contributed by atoms with E-state index in [0.29, 0.717) is 18.3 Å². The molecule has 1 aliphatic carbocycles. The number of benzene rings is 1. The molecule has 0 heterocycles. The minimum Gasteiger partial charge on any atom is -0.508 e. The number of phenols is 1. The predicted octanol–water partition coefficient (Wildman–Crippen LogP) is 2.07. The lowest BCUT2D eigenvalue weighted by molar-refractivity contribution is 0.178. The van der Waals surface area contributed by atoms with Gasteiger partial charge in [-0.05, 0) is 24.5 Å². The highest BCUT2D eigenvalue weighted by Crippen LogP contribution is 2.38. The zero-order chi connectivity index (χ0) is 9.26. The van der Waals surface area contributed by atoms with Crippen molar-refractivity contribution in [1.82, 2.24) is 0 Å². The van der Waals surface area contributed by atoms with Crippen molar-refractivity contribution in [3.63, 3.8) is 0 Å². The van der Waals surface area contributed by atoms with Crippen LogP contribution >= 0.6 is 0 Å². The summed E-state index contributed by atoms with van der Waals surface area (Å²) in [5, 5.41) is 9.67. The Labute approximate surface area is 78.2 Å². The van der Waals surface area contributed by atoms with Crippen molar-refractivity contribution in [2.75, 3.05) is 13.7 Å². The molecule has 0 spiro atoms. The van der Waals surface area contributed by atoms with Gasteiger partial charge in [0.15, 0.2) is 0 Å².